The predicted octanol–water partition coefficient (Wildman–Crippen LogP) is 6.11. The minimum Gasteiger partial charge on any atom is -0.507 e. The van der Waals surface area contributed by atoms with Crippen LogP contribution in [0.3, 0.4) is 0 Å². The summed E-state index contributed by atoms with van der Waals surface area (Å²) < 4.78 is 5.72. The first kappa shape index (κ1) is 24.8. The number of ether oxygens (including phenoxy) is 1. The summed E-state index contributed by atoms with van der Waals surface area (Å²) in [6.45, 7) is 4.53. The SMILES string of the molecule is CCCOc1ccc(/C(O)=C2/C(=O)C(=O)N(Cc3ccccn3)C2c2ccc(Cl)c(Cl)c2)cc1C. The van der Waals surface area contributed by atoms with E-state index in [-0.39, 0.29) is 22.9 Å². The van der Waals surface area contributed by atoms with Crippen molar-refractivity contribution in [2.45, 2.75) is 32.9 Å². The summed E-state index contributed by atoms with van der Waals surface area (Å²) in [7, 11) is 0. The van der Waals surface area contributed by atoms with Gasteiger partial charge in [0.05, 0.1) is 40.5 Å². The Kier molecular flexibility index (Phi) is 7.43. The van der Waals surface area contributed by atoms with Crippen molar-refractivity contribution in [3.05, 3.63) is 98.8 Å². The maximum atomic E-state index is 13.2. The van der Waals surface area contributed by atoms with Crippen LogP contribution in [-0.4, -0.2) is 33.3 Å². The van der Waals surface area contributed by atoms with E-state index in [4.69, 9.17) is 27.9 Å². The van der Waals surface area contributed by atoms with E-state index >= 15 is 0 Å². The number of aliphatic hydroxyl groups is 1. The first-order valence-electron chi connectivity index (χ1n) is 11.2. The van der Waals surface area contributed by atoms with Crippen molar-refractivity contribution in [1.82, 2.24) is 9.88 Å². The molecule has 1 aliphatic heterocycles. The third-order valence-electron chi connectivity index (χ3n) is 5.77. The molecule has 1 saturated heterocycles. The van der Waals surface area contributed by atoms with E-state index in [1.54, 1.807) is 60.8 Å². The van der Waals surface area contributed by atoms with Crippen molar-refractivity contribution in [2.75, 3.05) is 6.61 Å². The average molecular weight is 511 g/mol. The zero-order chi connectivity index (χ0) is 25.1. The van der Waals surface area contributed by atoms with E-state index in [0.717, 1.165) is 12.0 Å². The molecule has 3 aromatic rings. The molecule has 1 atom stereocenters. The van der Waals surface area contributed by atoms with E-state index in [0.29, 0.717) is 34.2 Å². The molecule has 0 spiro atoms. The summed E-state index contributed by atoms with van der Waals surface area (Å²) >= 11 is 12.4. The highest BCUT2D eigenvalue weighted by Gasteiger charge is 2.46. The van der Waals surface area contributed by atoms with Crippen LogP contribution in [0.25, 0.3) is 5.76 Å². The number of pyridine rings is 1. The van der Waals surface area contributed by atoms with Crippen LogP contribution >= 0.6 is 23.2 Å². The van der Waals surface area contributed by atoms with Gasteiger partial charge in [-0.2, -0.15) is 0 Å². The number of Topliss-reactive ketones (excluding diaryl/α,β-unsaturated/α-hetero) is 1. The number of hydrogen-bond donors (Lipinski definition) is 1. The molecule has 8 heteroatoms. The summed E-state index contributed by atoms with van der Waals surface area (Å²) in [5.74, 6) is -1.08. The average Bonchev–Trinajstić information content (AvgIpc) is 3.10. The maximum Gasteiger partial charge on any atom is 0.296 e. The van der Waals surface area contributed by atoms with Crippen LogP contribution in [0.2, 0.25) is 10.0 Å². The zero-order valence-electron chi connectivity index (χ0n) is 19.3. The van der Waals surface area contributed by atoms with Gasteiger partial charge in [0, 0.05) is 11.8 Å². The smallest absolute Gasteiger partial charge is 0.296 e. The molecular weight excluding hydrogens is 487 g/mol. The molecule has 1 unspecified atom stereocenters. The highest BCUT2D eigenvalue weighted by molar-refractivity contribution is 6.46. The van der Waals surface area contributed by atoms with Crippen LogP contribution in [0.15, 0.2) is 66.4 Å². The first-order valence-corrected chi connectivity index (χ1v) is 11.9. The van der Waals surface area contributed by atoms with Crippen molar-refractivity contribution in [3.8, 4) is 5.75 Å². The number of hydrogen-bond acceptors (Lipinski definition) is 5. The van der Waals surface area contributed by atoms with Gasteiger partial charge in [-0.25, -0.2) is 0 Å². The highest BCUT2D eigenvalue weighted by Crippen LogP contribution is 2.42. The molecule has 2 aromatic carbocycles. The number of likely N-dealkylation sites (tertiary alicyclic amines) is 1. The molecule has 1 aromatic heterocycles. The first-order chi connectivity index (χ1) is 16.8. The van der Waals surface area contributed by atoms with Gasteiger partial charge in [0.1, 0.15) is 11.5 Å². The summed E-state index contributed by atoms with van der Waals surface area (Å²) in [4.78, 5) is 32.1. The van der Waals surface area contributed by atoms with Gasteiger partial charge in [0.15, 0.2) is 0 Å². The number of nitrogens with zero attached hydrogens (tertiary/aromatic N) is 2. The van der Waals surface area contributed by atoms with Gasteiger partial charge >= 0.3 is 0 Å². The molecule has 0 aliphatic carbocycles. The number of amides is 1. The lowest BCUT2D eigenvalue weighted by molar-refractivity contribution is -0.140. The van der Waals surface area contributed by atoms with E-state index in [2.05, 4.69) is 4.98 Å². The van der Waals surface area contributed by atoms with Gasteiger partial charge in [0.25, 0.3) is 11.7 Å². The quantitative estimate of drug-likeness (QED) is 0.235. The lowest BCUT2D eigenvalue weighted by atomic mass is 9.94. The molecule has 4 rings (SSSR count). The normalized spacial score (nSPS) is 17.1. The number of carbonyl (C=O) groups excluding carboxylic acids is 2. The molecule has 0 radical (unpaired) electrons. The largest absolute Gasteiger partial charge is 0.507 e. The molecule has 1 amide bonds. The Bertz CT molecular complexity index is 1310. The Morgan fingerprint density at radius 1 is 1.09 bits per heavy atom. The molecule has 6 nitrogen and oxygen atoms in total. The molecule has 35 heavy (non-hydrogen) atoms. The fourth-order valence-electron chi connectivity index (χ4n) is 4.06. The van der Waals surface area contributed by atoms with Gasteiger partial charge in [-0.05, 0) is 66.9 Å². The number of carbonyl (C=O) groups is 2. The number of halogens is 2. The Balaban J connectivity index is 1.83. The zero-order valence-corrected chi connectivity index (χ0v) is 20.8. The molecule has 1 N–H and O–H groups in total. The molecule has 0 bridgehead atoms. The monoisotopic (exact) mass is 510 g/mol. The van der Waals surface area contributed by atoms with E-state index in [1.807, 2.05) is 13.8 Å². The maximum absolute atomic E-state index is 13.2. The summed E-state index contributed by atoms with van der Waals surface area (Å²) in [5.41, 5.74) is 2.35. The third-order valence-corrected chi connectivity index (χ3v) is 6.51. The standard InChI is InChI=1S/C27H24Cl2N2O4/c1-3-12-35-22-10-8-18(13-16(22)2)25(32)23-24(17-7-9-20(28)21(29)14-17)31(27(34)26(23)33)15-19-6-4-5-11-30-19/h4-11,13-14,24,32H,3,12,15H2,1-2H3/b25-23-. The molecule has 180 valence electrons. The number of benzene rings is 2. The topological polar surface area (TPSA) is 79.7 Å². The van der Waals surface area contributed by atoms with Gasteiger partial charge in [0.2, 0.25) is 0 Å². The highest BCUT2D eigenvalue weighted by atomic mass is 35.5. The molecule has 1 aliphatic rings. The van der Waals surface area contributed by atoms with Crippen LogP contribution in [0.5, 0.6) is 5.75 Å². The van der Waals surface area contributed by atoms with E-state index in [1.165, 1.54) is 4.90 Å². The predicted molar refractivity (Wildman–Crippen MR) is 136 cm³/mol. The Morgan fingerprint density at radius 3 is 2.54 bits per heavy atom. The second-order valence-electron chi connectivity index (χ2n) is 8.25. The van der Waals surface area contributed by atoms with Crippen molar-refractivity contribution < 1.29 is 19.4 Å². The number of aryl methyl sites for hydroxylation is 1. The van der Waals surface area contributed by atoms with Crippen molar-refractivity contribution in [2.24, 2.45) is 0 Å². The lowest BCUT2D eigenvalue weighted by Crippen LogP contribution is -2.29. The Morgan fingerprint density at radius 2 is 1.89 bits per heavy atom. The van der Waals surface area contributed by atoms with Crippen LogP contribution in [0, 0.1) is 6.92 Å². The fourth-order valence-corrected chi connectivity index (χ4v) is 4.37. The fraction of sp³-hybridized carbons (Fsp3) is 0.222. The second-order valence-corrected chi connectivity index (χ2v) is 9.06. The van der Waals surface area contributed by atoms with Crippen LogP contribution in [-0.2, 0) is 16.1 Å². The van der Waals surface area contributed by atoms with Crippen LogP contribution in [0.4, 0.5) is 0 Å². The third kappa shape index (κ3) is 5.04. The van der Waals surface area contributed by atoms with Crippen LogP contribution < -0.4 is 4.74 Å². The van der Waals surface area contributed by atoms with Crippen LogP contribution in [0.1, 0.15) is 41.8 Å². The van der Waals surface area contributed by atoms with E-state index in [9.17, 15) is 14.7 Å². The molecule has 2 heterocycles. The van der Waals surface area contributed by atoms with Gasteiger partial charge in [-0.1, -0.05) is 42.3 Å². The number of ketones is 1. The van der Waals surface area contributed by atoms with E-state index < -0.39 is 17.7 Å². The van der Waals surface area contributed by atoms with Crippen molar-refractivity contribution in [1.29, 1.82) is 0 Å². The Hall–Kier alpha value is -3.35. The number of rotatable bonds is 7. The summed E-state index contributed by atoms with van der Waals surface area (Å²) in [6, 6.07) is 14.5. The second kappa shape index (κ2) is 10.5. The summed E-state index contributed by atoms with van der Waals surface area (Å²) in [5, 5.41) is 11.9. The molecular formula is C27H24Cl2N2O4. The van der Waals surface area contributed by atoms with Crippen molar-refractivity contribution in [3.63, 3.8) is 0 Å². The summed E-state index contributed by atoms with van der Waals surface area (Å²) in [6.07, 6.45) is 2.48. The van der Waals surface area contributed by atoms with Crippen molar-refractivity contribution >= 4 is 40.7 Å². The lowest BCUT2D eigenvalue weighted by Gasteiger charge is -2.25. The minimum atomic E-state index is -0.872. The molecule has 0 saturated carbocycles. The molecule has 1 fully saturated rings. The minimum absolute atomic E-state index is 0.0223. The number of aliphatic hydroxyl groups excluding tert-OH is 1. The van der Waals surface area contributed by atoms with Gasteiger partial charge < -0.3 is 14.7 Å². The Labute approximate surface area is 213 Å². The van der Waals surface area contributed by atoms with Gasteiger partial charge in [-0.15, -0.1) is 0 Å². The number of aromatic nitrogens is 1. The van der Waals surface area contributed by atoms with Gasteiger partial charge in [-0.3, -0.25) is 14.6 Å².